The summed E-state index contributed by atoms with van der Waals surface area (Å²) in [6.45, 7) is 5.93. The van der Waals surface area contributed by atoms with Gasteiger partial charge in [-0.2, -0.15) is 0 Å². The average molecular weight is 343 g/mol. The number of hydrogen-bond acceptors (Lipinski definition) is 4. The van der Waals surface area contributed by atoms with Crippen molar-refractivity contribution < 1.29 is 0 Å². The molecule has 138 valence electrons. The molecule has 0 aliphatic carbocycles. The minimum Gasteiger partial charge on any atom is -0.381 e. The second-order valence-electron chi connectivity index (χ2n) is 7.34. The van der Waals surface area contributed by atoms with E-state index in [2.05, 4.69) is 23.6 Å². The number of unbranched alkanes of at least 4 members (excludes halogenated alkanes) is 8. The Labute approximate surface area is 152 Å². The van der Waals surface area contributed by atoms with Crippen molar-refractivity contribution in [2.45, 2.75) is 71.1 Å². The maximum absolute atomic E-state index is 4.81. The third kappa shape index (κ3) is 4.96. The molecule has 4 heteroatoms. The van der Waals surface area contributed by atoms with Gasteiger partial charge in [0.2, 0.25) is 0 Å². The topological polar surface area (TPSA) is 48.8 Å². The second-order valence-corrected chi connectivity index (χ2v) is 7.34. The van der Waals surface area contributed by atoms with Crippen LogP contribution in [0.3, 0.4) is 0 Å². The molecule has 25 heavy (non-hydrogen) atoms. The predicted molar refractivity (Wildman–Crippen MR) is 106 cm³/mol. The van der Waals surface area contributed by atoms with Gasteiger partial charge >= 0.3 is 0 Å². The normalized spacial score (nSPS) is 15.2. The molecule has 3 rings (SSSR count). The zero-order valence-corrected chi connectivity index (χ0v) is 15.9. The van der Waals surface area contributed by atoms with E-state index in [-0.39, 0.29) is 0 Å². The highest BCUT2D eigenvalue weighted by molar-refractivity contribution is 5.60. The van der Waals surface area contributed by atoms with Crippen LogP contribution in [0.15, 0.2) is 16.1 Å². The lowest BCUT2D eigenvalue weighted by atomic mass is 10.00. The third-order valence-corrected chi connectivity index (χ3v) is 5.30. The molecule has 2 aliphatic rings. The van der Waals surface area contributed by atoms with E-state index in [0.717, 1.165) is 38.0 Å². The van der Waals surface area contributed by atoms with Gasteiger partial charge in [0.15, 0.2) is 0 Å². The molecular formula is C21H34N4. The van der Waals surface area contributed by atoms with E-state index >= 15 is 0 Å². The van der Waals surface area contributed by atoms with Gasteiger partial charge < -0.3 is 10.6 Å². The number of rotatable bonds is 10. The van der Waals surface area contributed by atoms with Crippen LogP contribution in [0.5, 0.6) is 0 Å². The van der Waals surface area contributed by atoms with E-state index in [0.29, 0.717) is 0 Å². The molecule has 0 amide bonds. The number of benzene rings is 1. The summed E-state index contributed by atoms with van der Waals surface area (Å²) in [7, 11) is 0. The Morgan fingerprint density at radius 3 is 2.32 bits per heavy atom. The van der Waals surface area contributed by atoms with Crippen molar-refractivity contribution in [1.29, 1.82) is 0 Å². The van der Waals surface area contributed by atoms with Gasteiger partial charge in [0, 0.05) is 18.7 Å². The third-order valence-electron chi connectivity index (χ3n) is 5.30. The molecule has 0 saturated heterocycles. The van der Waals surface area contributed by atoms with Gasteiger partial charge in [-0.05, 0) is 18.9 Å². The van der Waals surface area contributed by atoms with Crippen LogP contribution in [0.4, 0.5) is 11.4 Å². The summed E-state index contributed by atoms with van der Waals surface area (Å²) in [6, 6.07) is 2.18. The molecule has 1 aromatic carbocycles. The highest BCUT2D eigenvalue weighted by Gasteiger charge is 2.15. The number of hydrogen-bond donors (Lipinski definition) is 2. The van der Waals surface area contributed by atoms with Gasteiger partial charge in [-0.25, -0.2) is 0 Å². The van der Waals surface area contributed by atoms with Crippen LogP contribution < -0.4 is 21.3 Å². The zero-order chi connectivity index (χ0) is 17.3. The van der Waals surface area contributed by atoms with Crippen LogP contribution >= 0.6 is 0 Å². The Balaban J connectivity index is 1.54. The molecule has 0 unspecified atom stereocenters. The van der Waals surface area contributed by atoms with Gasteiger partial charge in [0.25, 0.3) is 0 Å². The fraction of sp³-hybridized carbons (Fsp3) is 0.714. The van der Waals surface area contributed by atoms with Crippen LogP contribution in [0.1, 0.15) is 70.3 Å². The van der Waals surface area contributed by atoms with Gasteiger partial charge in [-0.3, -0.25) is 9.98 Å². The number of nitrogens with zero attached hydrogens (tertiary/aromatic N) is 2. The van der Waals surface area contributed by atoms with Gasteiger partial charge in [-0.15, -0.1) is 0 Å². The first-order chi connectivity index (χ1) is 12.4. The van der Waals surface area contributed by atoms with Gasteiger partial charge in [0.1, 0.15) is 0 Å². The van der Waals surface area contributed by atoms with Crippen LogP contribution in [0, 0.1) is 0 Å². The summed E-state index contributed by atoms with van der Waals surface area (Å²) in [4.78, 5) is 9.52. The zero-order valence-electron chi connectivity index (χ0n) is 15.9. The number of fused-ring (bicyclic) bond motifs is 2. The van der Waals surface area contributed by atoms with Crippen LogP contribution in [-0.2, 0) is 6.42 Å². The lowest BCUT2D eigenvalue weighted by Gasteiger charge is -2.20. The molecule has 2 heterocycles. The molecule has 1 aromatic rings. The molecule has 2 aliphatic heterocycles. The van der Waals surface area contributed by atoms with Gasteiger partial charge in [0.05, 0.1) is 35.2 Å². The monoisotopic (exact) mass is 342 g/mol. The maximum atomic E-state index is 4.81. The second kappa shape index (κ2) is 9.79. The molecule has 0 saturated carbocycles. The molecule has 0 atom stereocenters. The minimum atomic E-state index is 0.875. The standard InChI is InChI=1S/C21H34N4/c1-2-3-4-5-6-7-8-9-10-11-17-20-18(22-12-14-24-20)16-19-21(17)25-15-13-23-19/h16,22,25H,2-15H2,1H3. The van der Waals surface area contributed by atoms with Crippen molar-refractivity contribution in [1.82, 2.24) is 0 Å². The Morgan fingerprint density at radius 2 is 1.52 bits per heavy atom. The van der Waals surface area contributed by atoms with Crippen molar-refractivity contribution in [3.63, 3.8) is 0 Å². The van der Waals surface area contributed by atoms with Gasteiger partial charge in [-0.1, -0.05) is 58.3 Å². The van der Waals surface area contributed by atoms with Crippen molar-refractivity contribution in [2.75, 3.05) is 36.8 Å². The highest BCUT2D eigenvalue weighted by atomic mass is 15.0. The van der Waals surface area contributed by atoms with E-state index in [9.17, 15) is 0 Å². The Hall–Kier alpha value is -1.58. The molecular weight excluding hydrogens is 308 g/mol. The smallest absolute Gasteiger partial charge is 0.0860 e. The first-order valence-electron chi connectivity index (χ1n) is 10.4. The summed E-state index contributed by atoms with van der Waals surface area (Å²) in [5, 5.41) is 9.40. The molecule has 0 bridgehead atoms. The van der Waals surface area contributed by atoms with Crippen LogP contribution in [0.2, 0.25) is 0 Å². The van der Waals surface area contributed by atoms with Crippen molar-refractivity contribution in [3.05, 3.63) is 22.3 Å². The number of nitrogens with one attached hydrogen (secondary N) is 2. The van der Waals surface area contributed by atoms with Crippen LogP contribution in [-0.4, -0.2) is 26.2 Å². The Morgan fingerprint density at radius 1 is 0.840 bits per heavy atom. The lowest BCUT2D eigenvalue weighted by Crippen LogP contribution is -2.32. The minimum absolute atomic E-state index is 0.875. The summed E-state index contributed by atoms with van der Waals surface area (Å²) < 4.78 is 0. The Bertz CT molecular complexity index is 665. The fourth-order valence-corrected chi connectivity index (χ4v) is 3.92. The van der Waals surface area contributed by atoms with E-state index < -0.39 is 0 Å². The van der Waals surface area contributed by atoms with E-state index in [4.69, 9.17) is 9.98 Å². The van der Waals surface area contributed by atoms with E-state index in [1.165, 1.54) is 80.1 Å². The highest BCUT2D eigenvalue weighted by Crippen LogP contribution is 2.17. The molecule has 2 N–H and O–H groups in total. The fourth-order valence-electron chi connectivity index (χ4n) is 3.92. The molecule has 4 nitrogen and oxygen atoms in total. The quantitative estimate of drug-likeness (QED) is 0.635. The SMILES string of the molecule is CCCCCCCCCCCc1c2c(cc3c1=NCCN3)=NCCN2. The lowest BCUT2D eigenvalue weighted by molar-refractivity contribution is 0.564. The van der Waals surface area contributed by atoms with Crippen molar-refractivity contribution in [3.8, 4) is 0 Å². The molecule has 0 spiro atoms. The Kier molecular flexibility index (Phi) is 7.13. The summed E-state index contributed by atoms with van der Waals surface area (Å²) >= 11 is 0. The molecule has 0 aromatic heterocycles. The predicted octanol–water partition coefficient (Wildman–Crippen LogP) is 3.85. The maximum Gasteiger partial charge on any atom is 0.0860 e. The van der Waals surface area contributed by atoms with Crippen molar-refractivity contribution >= 4 is 11.4 Å². The first-order valence-corrected chi connectivity index (χ1v) is 10.4. The van der Waals surface area contributed by atoms with Crippen molar-refractivity contribution in [2.24, 2.45) is 9.98 Å². The number of anilines is 2. The largest absolute Gasteiger partial charge is 0.381 e. The summed E-state index contributed by atoms with van der Waals surface area (Å²) in [6.07, 6.45) is 13.5. The van der Waals surface area contributed by atoms with E-state index in [1.54, 1.807) is 0 Å². The molecule has 0 fully saturated rings. The first kappa shape index (κ1) is 18.2. The van der Waals surface area contributed by atoms with E-state index in [1.807, 2.05) is 0 Å². The summed E-state index contributed by atoms with van der Waals surface area (Å²) in [5.41, 5.74) is 3.83. The average Bonchev–Trinajstić information content (AvgIpc) is 2.66. The summed E-state index contributed by atoms with van der Waals surface area (Å²) in [5.74, 6) is 0. The molecule has 0 radical (unpaired) electrons. The van der Waals surface area contributed by atoms with Crippen LogP contribution in [0.25, 0.3) is 0 Å².